The minimum atomic E-state index is -0.422. The van der Waals surface area contributed by atoms with Crippen LogP contribution in [0.25, 0.3) is 0 Å². The molecule has 2 aromatic rings. The standard InChI is InChI=1S/C16H16ClF2N/c1-20-14(9-11-4-2-3-5-15(11)17)10-12-8-13(18)6-7-16(12)19/h2-8,14,20H,9-10H2,1H3. The van der Waals surface area contributed by atoms with Crippen molar-refractivity contribution in [2.45, 2.75) is 18.9 Å². The van der Waals surface area contributed by atoms with Gasteiger partial charge in [0.05, 0.1) is 0 Å². The van der Waals surface area contributed by atoms with Crippen molar-refractivity contribution in [3.8, 4) is 0 Å². The van der Waals surface area contributed by atoms with Gasteiger partial charge in [0, 0.05) is 11.1 Å². The molecule has 0 aliphatic rings. The van der Waals surface area contributed by atoms with Crippen LogP contribution in [0.3, 0.4) is 0 Å². The Bertz CT molecular complexity index is 586. The normalized spacial score (nSPS) is 12.4. The van der Waals surface area contributed by atoms with Crippen LogP contribution < -0.4 is 5.32 Å². The van der Waals surface area contributed by atoms with Crippen molar-refractivity contribution >= 4 is 11.6 Å². The average Bonchev–Trinajstić information content (AvgIpc) is 2.44. The molecule has 0 aromatic heterocycles. The fourth-order valence-corrected chi connectivity index (χ4v) is 2.38. The van der Waals surface area contributed by atoms with E-state index < -0.39 is 5.82 Å². The first-order valence-corrected chi connectivity index (χ1v) is 6.82. The van der Waals surface area contributed by atoms with E-state index in [9.17, 15) is 8.78 Å². The summed E-state index contributed by atoms with van der Waals surface area (Å²) in [6.07, 6.45) is 1.07. The fraction of sp³-hybridized carbons (Fsp3) is 0.250. The molecule has 2 rings (SSSR count). The Morgan fingerprint density at radius 1 is 1.05 bits per heavy atom. The molecule has 1 atom stereocenters. The molecule has 0 amide bonds. The van der Waals surface area contributed by atoms with Crippen molar-refractivity contribution in [3.05, 3.63) is 70.2 Å². The predicted molar refractivity (Wildman–Crippen MR) is 78.1 cm³/mol. The maximum Gasteiger partial charge on any atom is 0.126 e. The van der Waals surface area contributed by atoms with Crippen LogP contribution in [-0.2, 0) is 12.8 Å². The van der Waals surface area contributed by atoms with Gasteiger partial charge < -0.3 is 5.32 Å². The van der Waals surface area contributed by atoms with E-state index >= 15 is 0 Å². The highest BCUT2D eigenvalue weighted by atomic mass is 35.5. The topological polar surface area (TPSA) is 12.0 Å². The first-order valence-electron chi connectivity index (χ1n) is 6.44. The van der Waals surface area contributed by atoms with Gasteiger partial charge in [-0.25, -0.2) is 8.78 Å². The molecule has 0 aliphatic carbocycles. The Labute approximate surface area is 122 Å². The van der Waals surface area contributed by atoms with Gasteiger partial charge in [-0.15, -0.1) is 0 Å². The maximum atomic E-state index is 13.7. The third kappa shape index (κ3) is 3.78. The van der Waals surface area contributed by atoms with Gasteiger partial charge in [0.15, 0.2) is 0 Å². The van der Waals surface area contributed by atoms with Crippen LogP contribution in [0.1, 0.15) is 11.1 Å². The Kier molecular flexibility index (Phi) is 5.10. The van der Waals surface area contributed by atoms with E-state index in [1.807, 2.05) is 24.3 Å². The van der Waals surface area contributed by atoms with Gasteiger partial charge in [0.25, 0.3) is 0 Å². The lowest BCUT2D eigenvalue weighted by molar-refractivity contribution is 0.525. The summed E-state index contributed by atoms with van der Waals surface area (Å²) in [5.74, 6) is -0.806. The van der Waals surface area contributed by atoms with Crippen molar-refractivity contribution in [3.63, 3.8) is 0 Å². The summed E-state index contributed by atoms with van der Waals surface area (Å²) in [6.45, 7) is 0. The molecule has 0 aliphatic heterocycles. The van der Waals surface area contributed by atoms with Crippen LogP contribution in [-0.4, -0.2) is 13.1 Å². The average molecular weight is 296 g/mol. The highest BCUT2D eigenvalue weighted by Crippen LogP contribution is 2.19. The van der Waals surface area contributed by atoms with Crippen molar-refractivity contribution < 1.29 is 8.78 Å². The second-order valence-corrected chi connectivity index (χ2v) is 5.13. The third-order valence-electron chi connectivity index (χ3n) is 3.31. The molecule has 1 nitrogen and oxygen atoms in total. The summed E-state index contributed by atoms with van der Waals surface area (Å²) in [4.78, 5) is 0. The molecule has 1 N–H and O–H groups in total. The number of hydrogen-bond donors (Lipinski definition) is 1. The molecule has 106 valence electrons. The maximum absolute atomic E-state index is 13.7. The number of likely N-dealkylation sites (N-methyl/N-ethyl adjacent to an activating group) is 1. The Hall–Kier alpha value is -1.45. The molecule has 20 heavy (non-hydrogen) atoms. The summed E-state index contributed by atoms with van der Waals surface area (Å²) in [5.41, 5.74) is 1.36. The van der Waals surface area contributed by atoms with Crippen molar-refractivity contribution in [2.75, 3.05) is 7.05 Å². The van der Waals surface area contributed by atoms with Crippen LogP contribution in [0.5, 0.6) is 0 Å². The third-order valence-corrected chi connectivity index (χ3v) is 3.68. The van der Waals surface area contributed by atoms with E-state index in [0.29, 0.717) is 23.4 Å². The van der Waals surface area contributed by atoms with Gasteiger partial charge in [-0.05, 0) is 55.3 Å². The van der Waals surface area contributed by atoms with E-state index in [2.05, 4.69) is 5.32 Å². The van der Waals surface area contributed by atoms with Crippen LogP contribution in [0, 0.1) is 11.6 Å². The van der Waals surface area contributed by atoms with Gasteiger partial charge in [-0.1, -0.05) is 29.8 Å². The molecule has 2 aromatic carbocycles. The molecule has 0 radical (unpaired) electrons. The molecule has 0 spiro atoms. The number of rotatable bonds is 5. The lowest BCUT2D eigenvalue weighted by Crippen LogP contribution is -2.30. The van der Waals surface area contributed by atoms with Crippen LogP contribution in [0.15, 0.2) is 42.5 Å². The SMILES string of the molecule is CNC(Cc1cc(F)ccc1F)Cc1ccccc1Cl. The molecule has 1 unspecified atom stereocenters. The minimum absolute atomic E-state index is 0.00815. The number of hydrogen-bond acceptors (Lipinski definition) is 1. The van der Waals surface area contributed by atoms with E-state index in [0.717, 1.165) is 17.7 Å². The van der Waals surface area contributed by atoms with E-state index in [1.54, 1.807) is 7.05 Å². The molecular weight excluding hydrogens is 280 g/mol. The smallest absolute Gasteiger partial charge is 0.126 e. The van der Waals surface area contributed by atoms with Crippen molar-refractivity contribution in [2.24, 2.45) is 0 Å². The molecule has 0 saturated carbocycles. The largest absolute Gasteiger partial charge is 0.316 e. The zero-order valence-corrected chi connectivity index (χ0v) is 11.9. The van der Waals surface area contributed by atoms with Gasteiger partial charge in [-0.2, -0.15) is 0 Å². The molecule has 0 saturated heterocycles. The van der Waals surface area contributed by atoms with Gasteiger partial charge in [0.2, 0.25) is 0 Å². The Morgan fingerprint density at radius 3 is 2.45 bits per heavy atom. The van der Waals surface area contributed by atoms with Crippen LogP contribution in [0.2, 0.25) is 5.02 Å². The second-order valence-electron chi connectivity index (χ2n) is 4.72. The molecule has 0 fully saturated rings. The van der Waals surface area contributed by atoms with Crippen molar-refractivity contribution in [1.82, 2.24) is 5.32 Å². The van der Waals surface area contributed by atoms with E-state index in [4.69, 9.17) is 11.6 Å². The first-order chi connectivity index (χ1) is 9.60. The monoisotopic (exact) mass is 295 g/mol. The van der Waals surface area contributed by atoms with Crippen LogP contribution in [0.4, 0.5) is 8.78 Å². The molecule has 0 heterocycles. The van der Waals surface area contributed by atoms with Gasteiger partial charge >= 0.3 is 0 Å². The number of halogens is 3. The summed E-state index contributed by atoms with van der Waals surface area (Å²) in [5, 5.41) is 3.81. The summed E-state index contributed by atoms with van der Waals surface area (Å²) in [7, 11) is 1.80. The van der Waals surface area contributed by atoms with E-state index in [1.165, 1.54) is 6.07 Å². The number of benzene rings is 2. The highest BCUT2D eigenvalue weighted by Gasteiger charge is 2.13. The van der Waals surface area contributed by atoms with Gasteiger partial charge in [-0.3, -0.25) is 0 Å². The summed E-state index contributed by atoms with van der Waals surface area (Å²) >= 11 is 6.12. The minimum Gasteiger partial charge on any atom is -0.316 e. The van der Waals surface area contributed by atoms with E-state index in [-0.39, 0.29) is 11.9 Å². The molecule has 4 heteroatoms. The zero-order valence-electron chi connectivity index (χ0n) is 11.2. The number of nitrogens with one attached hydrogen (secondary N) is 1. The summed E-state index contributed by atoms with van der Waals surface area (Å²) in [6, 6.07) is 11.1. The molecule has 0 bridgehead atoms. The fourth-order valence-electron chi connectivity index (χ4n) is 2.17. The molecular formula is C16H16ClF2N. The lowest BCUT2D eigenvalue weighted by Gasteiger charge is -2.17. The highest BCUT2D eigenvalue weighted by molar-refractivity contribution is 6.31. The quantitative estimate of drug-likeness (QED) is 0.879. The zero-order chi connectivity index (χ0) is 14.5. The Balaban J connectivity index is 2.13. The van der Waals surface area contributed by atoms with Crippen molar-refractivity contribution in [1.29, 1.82) is 0 Å². The first kappa shape index (κ1) is 14.9. The van der Waals surface area contributed by atoms with Gasteiger partial charge in [0.1, 0.15) is 11.6 Å². The Morgan fingerprint density at radius 2 is 1.75 bits per heavy atom. The predicted octanol–water partition coefficient (Wildman–Crippen LogP) is 3.99. The second kappa shape index (κ2) is 6.82. The lowest BCUT2D eigenvalue weighted by atomic mass is 9.98. The van der Waals surface area contributed by atoms with Crippen LogP contribution >= 0.6 is 11.6 Å². The summed E-state index contributed by atoms with van der Waals surface area (Å²) < 4.78 is 26.8.